The SMILES string of the molecule is O=C(O)CN1CCOCCOc2ccccc2Oc2ncccc2C1=O. The number of para-hydroxylation sites is 2. The summed E-state index contributed by atoms with van der Waals surface area (Å²) in [6, 6.07) is 10.2. The summed E-state index contributed by atoms with van der Waals surface area (Å²) >= 11 is 0. The fourth-order valence-electron chi connectivity index (χ4n) is 2.47. The second kappa shape index (κ2) is 8.30. The molecule has 0 atom stereocenters. The van der Waals surface area contributed by atoms with Crippen LogP contribution in [0.1, 0.15) is 10.4 Å². The molecule has 0 saturated carbocycles. The van der Waals surface area contributed by atoms with Crippen LogP contribution >= 0.6 is 0 Å². The molecule has 0 radical (unpaired) electrons. The first kappa shape index (κ1) is 17.7. The number of benzene rings is 1. The van der Waals surface area contributed by atoms with E-state index in [0.717, 1.165) is 0 Å². The molecule has 26 heavy (non-hydrogen) atoms. The molecule has 0 aliphatic carbocycles. The van der Waals surface area contributed by atoms with Crippen molar-refractivity contribution in [3.05, 3.63) is 48.2 Å². The van der Waals surface area contributed by atoms with E-state index in [1.165, 1.54) is 11.1 Å². The topological polar surface area (TPSA) is 98.2 Å². The zero-order valence-electron chi connectivity index (χ0n) is 14.0. The molecule has 0 saturated heterocycles. The highest BCUT2D eigenvalue weighted by molar-refractivity contribution is 5.97. The van der Waals surface area contributed by atoms with Crippen molar-refractivity contribution in [3.8, 4) is 17.4 Å². The van der Waals surface area contributed by atoms with Crippen molar-refractivity contribution < 1.29 is 28.9 Å². The Morgan fingerprint density at radius 1 is 1.12 bits per heavy atom. The van der Waals surface area contributed by atoms with Crippen LogP contribution in [-0.4, -0.2) is 59.8 Å². The standard InChI is InChI=1S/C18H18N2O6/c21-16(22)12-20-8-9-24-10-11-25-14-5-1-2-6-15(14)26-17-13(18(20)23)4-3-7-19-17/h1-7H,8-12H2,(H,21,22). The zero-order valence-corrected chi connectivity index (χ0v) is 14.0. The van der Waals surface area contributed by atoms with Gasteiger partial charge in [0.05, 0.1) is 13.2 Å². The maximum atomic E-state index is 12.8. The van der Waals surface area contributed by atoms with Gasteiger partial charge in [-0.15, -0.1) is 0 Å². The number of pyridine rings is 1. The van der Waals surface area contributed by atoms with Crippen molar-refractivity contribution in [1.29, 1.82) is 0 Å². The van der Waals surface area contributed by atoms with E-state index in [4.69, 9.17) is 19.3 Å². The minimum absolute atomic E-state index is 0.0871. The number of carbonyl (C=O) groups is 2. The predicted molar refractivity (Wildman–Crippen MR) is 90.6 cm³/mol. The smallest absolute Gasteiger partial charge is 0.323 e. The second-order valence-corrected chi connectivity index (χ2v) is 5.49. The molecule has 136 valence electrons. The van der Waals surface area contributed by atoms with Gasteiger partial charge in [0.2, 0.25) is 5.88 Å². The molecule has 2 heterocycles. The van der Waals surface area contributed by atoms with Gasteiger partial charge in [0.15, 0.2) is 11.5 Å². The van der Waals surface area contributed by atoms with E-state index in [1.807, 2.05) is 0 Å². The van der Waals surface area contributed by atoms with E-state index in [2.05, 4.69) is 4.98 Å². The highest BCUT2D eigenvalue weighted by Gasteiger charge is 2.23. The Labute approximate surface area is 149 Å². The third kappa shape index (κ3) is 4.28. The van der Waals surface area contributed by atoms with E-state index in [0.29, 0.717) is 24.7 Å². The van der Waals surface area contributed by atoms with E-state index in [9.17, 15) is 9.59 Å². The third-order valence-electron chi connectivity index (χ3n) is 3.66. The van der Waals surface area contributed by atoms with Crippen molar-refractivity contribution in [1.82, 2.24) is 9.88 Å². The molecule has 0 fully saturated rings. The van der Waals surface area contributed by atoms with Crippen molar-refractivity contribution >= 4 is 11.9 Å². The van der Waals surface area contributed by atoms with Crippen LogP contribution in [0.3, 0.4) is 0 Å². The monoisotopic (exact) mass is 358 g/mol. The molecule has 1 amide bonds. The molecule has 1 aliphatic rings. The molecule has 1 N–H and O–H groups in total. The molecule has 1 aromatic heterocycles. The minimum Gasteiger partial charge on any atom is -0.487 e. The summed E-state index contributed by atoms with van der Waals surface area (Å²) in [4.78, 5) is 29.3. The summed E-state index contributed by atoms with van der Waals surface area (Å²) < 4.78 is 16.9. The van der Waals surface area contributed by atoms with Gasteiger partial charge in [-0.1, -0.05) is 12.1 Å². The number of carboxylic acids is 1. The summed E-state index contributed by atoms with van der Waals surface area (Å²) in [5.41, 5.74) is 0.169. The van der Waals surface area contributed by atoms with Crippen molar-refractivity contribution in [3.63, 3.8) is 0 Å². The number of nitrogens with zero attached hydrogens (tertiary/aromatic N) is 2. The Kier molecular flexibility index (Phi) is 5.65. The largest absolute Gasteiger partial charge is 0.487 e. The first-order chi connectivity index (χ1) is 12.6. The zero-order chi connectivity index (χ0) is 18.4. The van der Waals surface area contributed by atoms with Crippen molar-refractivity contribution in [2.45, 2.75) is 0 Å². The summed E-state index contributed by atoms with van der Waals surface area (Å²) in [5, 5.41) is 9.09. The van der Waals surface area contributed by atoms with Crippen LogP contribution in [-0.2, 0) is 9.53 Å². The normalized spacial score (nSPS) is 15.2. The summed E-state index contributed by atoms with van der Waals surface area (Å²) in [7, 11) is 0. The molecule has 0 bridgehead atoms. The Balaban J connectivity index is 1.98. The van der Waals surface area contributed by atoms with Crippen LogP contribution in [0.2, 0.25) is 0 Å². The van der Waals surface area contributed by atoms with E-state index >= 15 is 0 Å². The molecule has 1 aliphatic heterocycles. The summed E-state index contributed by atoms with van der Waals surface area (Å²) in [5.74, 6) is -0.602. The van der Waals surface area contributed by atoms with Crippen LogP contribution < -0.4 is 9.47 Å². The summed E-state index contributed by atoms with van der Waals surface area (Å²) in [6.45, 7) is 0.480. The average Bonchev–Trinajstić information content (AvgIpc) is 2.64. The lowest BCUT2D eigenvalue weighted by Gasteiger charge is -2.21. The molecule has 8 nitrogen and oxygen atoms in total. The molecule has 0 spiro atoms. The molecule has 1 aromatic carbocycles. The van der Waals surface area contributed by atoms with E-state index < -0.39 is 18.4 Å². The van der Waals surface area contributed by atoms with Gasteiger partial charge in [0.1, 0.15) is 18.7 Å². The number of amides is 1. The molecular weight excluding hydrogens is 340 g/mol. The number of hydrogen-bond donors (Lipinski definition) is 1. The van der Waals surface area contributed by atoms with Crippen LogP contribution in [0.25, 0.3) is 0 Å². The number of fused-ring (bicyclic) bond motifs is 2. The Morgan fingerprint density at radius 2 is 1.92 bits per heavy atom. The number of ether oxygens (including phenoxy) is 3. The fraction of sp³-hybridized carbons (Fsp3) is 0.278. The molecular formula is C18H18N2O6. The van der Waals surface area contributed by atoms with Gasteiger partial charge < -0.3 is 24.2 Å². The maximum Gasteiger partial charge on any atom is 0.323 e. The van der Waals surface area contributed by atoms with Gasteiger partial charge in [-0.3, -0.25) is 9.59 Å². The van der Waals surface area contributed by atoms with Gasteiger partial charge in [-0.05, 0) is 24.3 Å². The lowest BCUT2D eigenvalue weighted by Crippen LogP contribution is -2.38. The van der Waals surface area contributed by atoms with Crippen LogP contribution in [0.4, 0.5) is 0 Å². The van der Waals surface area contributed by atoms with Crippen molar-refractivity contribution in [2.75, 3.05) is 32.9 Å². The van der Waals surface area contributed by atoms with E-state index in [1.54, 1.807) is 36.4 Å². The molecule has 0 unspecified atom stereocenters. The first-order valence-corrected chi connectivity index (χ1v) is 8.08. The van der Waals surface area contributed by atoms with Crippen LogP contribution in [0.15, 0.2) is 42.6 Å². The van der Waals surface area contributed by atoms with Gasteiger partial charge in [0, 0.05) is 12.7 Å². The maximum absolute atomic E-state index is 12.8. The predicted octanol–water partition coefficient (Wildman–Crippen LogP) is 1.81. The molecule has 8 heteroatoms. The highest BCUT2D eigenvalue weighted by atomic mass is 16.5. The Bertz CT molecular complexity index is 795. The third-order valence-corrected chi connectivity index (χ3v) is 3.66. The van der Waals surface area contributed by atoms with Crippen LogP contribution in [0, 0.1) is 0 Å². The number of carboxylic acid groups (broad SMARTS) is 1. The molecule has 3 rings (SSSR count). The van der Waals surface area contributed by atoms with Gasteiger partial charge in [-0.25, -0.2) is 4.98 Å². The fourth-order valence-corrected chi connectivity index (χ4v) is 2.47. The quantitative estimate of drug-likeness (QED) is 0.874. The van der Waals surface area contributed by atoms with Gasteiger partial charge in [-0.2, -0.15) is 0 Å². The molecule has 2 aromatic rings. The lowest BCUT2D eigenvalue weighted by atomic mass is 10.2. The Hall–Kier alpha value is -3.13. The lowest BCUT2D eigenvalue weighted by molar-refractivity contribution is -0.137. The minimum atomic E-state index is -1.11. The number of hydrogen-bond acceptors (Lipinski definition) is 6. The summed E-state index contributed by atoms with van der Waals surface area (Å²) in [6.07, 6.45) is 1.50. The highest BCUT2D eigenvalue weighted by Crippen LogP contribution is 2.32. The van der Waals surface area contributed by atoms with Crippen LogP contribution in [0.5, 0.6) is 17.4 Å². The van der Waals surface area contributed by atoms with E-state index in [-0.39, 0.29) is 24.6 Å². The number of aromatic nitrogens is 1. The number of rotatable bonds is 2. The second-order valence-electron chi connectivity index (χ2n) is 5.49. The van der Waals surface area contributed by atoms with Crippen molar-refractivity contribution in [2.24, 2.45) is 0 Å². The van der Waals surface area contributed by atoms with Gasteiger partial charge >= 0.3 is 5.97 Å². The average molecular weight is 358 g/mol. The number of carbonyl (C=O) groups excluding carboxylic acids is 1. The number of aliphatic carboxylic acids is 1. The first-order valence-electron chi connectivity index (χ1n) is 8.08. The van der Waals surface area contributed by atoms with Gasteiger partial charge in [0.25, 0.3) is 5.91 Å². The Morgan fingerprint density at radius 3 is 2.73 bits per heavy atom.